The highest BCUT2D eigenvalue weighted by atomic mass is 35.5. The van der Waals surface area contributed by atoms with Crippen molar-refractivity contribution in [1.29, 1.82) is 0 Å². The van der Waals surface area contributed by atoms with Crippen LogP contribution in [0.2, 0.25) is 5.02 Å². The quantitative estimate of drug-likeness (QED) is 0.751. The minimum atomic E-state index is -0.221. The smallest absolute Gasteiger partial charge is 0.238 e. The summed E-state index contributed by atoms with van der Waals surface area (Å²) in [6.45, 7) is -0.0324. The molecule has 1 aliphatic carbocycles. The van der Waals surface area contributed by atoms with Crippen LogP contribution in [0.15, 0.2) is 18.2 Å². The van der Waals surface area contributed by atoms with E-state index in [2.05, 4.69) is 10.6 Å². The van der Waals surface area contributed by atoms with Crippen LogP contribution >= 0.6 is 11.6 Å². The second-order valence-corrected chi connectivity index (χ2v) is 4.30. The van der Waals surface area contributed by atoms with Crippen molar-refractivity contribution in [2.45, 2.75) is 18.9 Å². The zero-order chi connectivity index (χ0) is 11.5. The summed E-state index contributed by atoms with van der Waals surface area (Å²) in [7, 11) is 0. The molecule has 0 aliphatic heterocycles. The van der Waals surface area contributed by atoms with Crippen molar-refractivity contribution in [2.24, 2.45) is 5.73 Å². The fraction of sp³-hybridized carbons (Fsp3) is 0.364. The maximum absolute atomic E-state index is 11.2. The fourth-order valence-corrected chi connectivity index (χ4v) is 1.57. The van der Waals surface area contributed by atoms with E-state index in [1.165, 1.54) is 12.8 Å². The number of amides is 1. The van der Waals surface area contributed by atoms with E-state index in [9.17, 15) is 4.79 Å². The molecule has 16 heavy (non-hydrogen) atoms. The topological polar surface area (TPSA) is 67.2 Å². The van der Waals surface area contributed by atoms with Gasteiger partial charge >= 0.3 is 0 Å². The summed E-state index contributed by atoms with van der Waals surface area (Å²) < 4.78 is 0. The van der Waals surface area contributed by atoms with Crippen molar-refractivity contribution in [2.75, 3.05) is 17.2 Å². The van der Waals surface area contributed by atoms with Crippen LogP contribution in [-0.4, -0.2) is 18.5 Å². The molecule has 0 atom stereocenters. The number of halogens is 1. The van der Waals surface area contributed by atoms with Crippen molar-refractivity contribution in [1.82, 2.24) is 0 Å². The molecule has 0 unspecified atom stereocenters. The Kier molecular flexibility index (Phi) is 3.31. The van der Waals surface area contributed by atoms with Crippen LogP contribution in [0.4, 0.5) is 11.4 Å². The van der Waals surface area contributed by atoms with E-state index in [0.717, 1.165) is 5.69 Å². The number of benzene rings is 1. The molecule has 1 aromatic carbocycles. The standard InChI is InChI=1S/C11H14ClN3O/c12-7-1-4-9(14-8-2-3-8)10(5-7)15-11(16)6-13/h1,4-5,8,14H,2-3,6,13H2,(H,15,16). The zero-order valence-electron chi connectivity index (χ0n) is 8.79. The molecule has 1 fully saturated rings. The Hall–Kier alpha value is -1.26. The van der Waals surface area contributed by atoms with Gasteiger partial charge in [0, 0.05) is 11.1 Å². The summed E-state index contributed by atoms with van der Waals surface area (Å²) >= 11 is 5.89. The summed E-state index contributed by atoms with van der Waals surface area (Å²) in [5, 5.41) is 6.64. The number of nitrogens with two attached hydrogens (primary N) is 1. The molecule has 0 spiro atoms. The Labute approximate surface area is 99.2 Å². The van der Waals surface area contributed by atoms with Gasteiger partial charge < -0.3 is 16.4 Å². The Bertz CT molecular complexity index is 404. The van der Waals surface area contributed by atoms with Gasteiger partial charge in [-0.25, -0.2) is 0 Å². The predicted octanol–water partition coefficient (Wildman–Crippen LogP) is 1.81. The minimum absolute atomic E-state index is 0.0324. The molecule has 4 nitrogen and oxygen atoms in total. The molecule has 86 valence electrons. The van der Waals surface area contributed by atoms with Crippen LogP contribution in [-0.2, 0) is 4.79 Å². The van der Waals surface area contributed by atoms with Crippen LogP contribution in [0.5, 0.6) is 0 Å². The van der Waals surface area contributed by atoms with Crippen molar-refractivity contribution >= 4 is 28.9 Å². The summed E-state index contributed by atoms with van der Waals surface area (Å²) in [6, 6.07) is 5.91. The Balaban J connectivity index is 2.17. The molecular formula is C11H14ClN3O. The third-order valence-corrected chi connectivity index (χ3v) is 2.61. The predicted molar refractivity (Wildman–Crippen MR) is 65.8 cm³/mol. The highest BCUT2D eigenvalue weighted by Gasteiger charge is 2.22. The number of anilines is 2. The molecule has 2 rings (SSSR count). The molecule has 0 saturated heterocycles. The van der Waals surface area contributed by atoms with Crippen LogP contribution in [0.1, 0.15) is 12.8 Å². The van der Waals surface area contributed by atoms with Crippen LogP contribution in [0, 0.1) is 0 Å². The first-order valence-corrected chi connectivity index (χ1v) is 5.63. The van der Waals surface area contributed by atoms with Crippen LogP contribution in [0.3, 0.4) is 0 Å². The molecule has 1 aromatic rings. The first-order chi connectivity index (χ1) is 7.69. The van der Waals surface area contributed by atoms with E-state index in [1.807, 2.05) is 6.07 Å². The number of nitrogens with one attached hydrogen (secondary N) is 2. The second kappa shape index (κ2) is 4.72. The number of hydrogen-bond acceptors (Lipinski definition) is 3. The van der Waals surface area contributed by atoms with Gasteiger partial charge in [-0.1, -0.05) is 11.6 Å². The van der Waals surface area contributed by atoms with Gasteiger partial charge in [0.1, 0.15) is 0 Å². The average Bonchev–Trinajstić information content (AvgIpc) is 3.06. The lowest BCUT2D eigenvalue weighted by molar-refractivity contribution is -0.114. The van der Waals surface area contributed by atoms with Gasteiger partial charge in [0.05, 0.1) is 17.9 Å². The molecule has 4 N–H and O–H groups in total. The van der Waals surface area contributed by atoms with E-state index in [1.54, 1.807) is 12.1 Å². The van der Waals surface area contributed by atoms with Gasteiger partial charge in [-0.2, -0.15) is 0 Å². The Morgan fingerprint density at radius 3 is 2.81 bits per heavy atom. The molecule has 0 aromatic heterocycles. The lowest BCUT2D eigenvalue weighted by atomic mass is 10.2. The van der Waals surface area contributed by atoms with Gasteiger partial charge in [-0.05, 0) is 31.0 Å². The monoisotopic (exact) mass is 239 g/mol. The molecule has 1 saturated carbocycles. The third-order valence-electron chi connectivity index (χ3n) is 2.38. The Morgan fingerprint density at radius 1 is 1.44 bits per heavy atom. The first-order valence-electron chi connectivity index (χ1n) is 5.25. The summed E-state index contributed by atoms with van der Waals surface area (Å²) in [5.74, 6) is -0.221. The van der Waals surface area contributed by atoms with Crippen molar-refractivity contribution in [3.05, 3.63) is 23.2 Å². The molecular weight excluding hydrogens is 226 g/mol. The number of hydrogen-bond donors (Lipinski definition) is 3. The zero-order valence-corrected chi connectivity index (χ0v) is 9.55. The van der Waals surface area contributed by atoms with Crippen molar-refractivity contribution in [3.8, 4) is 0 Å². The molecule has 5 heteroatoms. The fourth-order valence-electron chi connectivity index (χ4n) is 1.39. The molecule has 0 bridgehead atoms. The van der Waals surface area contributed by atoms with Crippen LogP contribution < -0.4 is 16.4 Å². The highest BCUT2D eigenvalue weighted by molar-refractivity contribution is 6.31. The third kappa shape index (κ3) is 2.87. The normalized spacial score (nSPS) is 14.6. The van der Waals surface area contributed by atoms with Crippen LogP contribution in [0.25, 0.3) is 0 Å². The summed E-state index contributed by atoms with van der Waals surface area (Å²) in [5.41, 5.74) is 6.84. The van der Waals surface area contributed by atoms with Gasteiger partial charge in [-0.3, -0.25) is 4.79 Å². The van der Waals surface area contributed by atoms with E-state index < -0.39 is 0 Å². The van der Waals surface area contributed by atoms with Gasteiger partial charge in [0.2, 0.25) is 5.91 Å². The lowest BCUT2D eigenvalue weighted by Crippen LogP contribution is -2.22. The van der Waals surface area contributed by atoms with E-state index in [0.29, 0.717) is 16.8 Å². The maximum Gasteiger partial charge on any atom is 0.238 e. The highest BCUT2D eigenvalue weighted by Crippen LogP contribution is 2.31. The number of carbonyl (C=O) groups is 1. The van der Waals surface area contributed by atoms with Crippen molar-refractivity contribution in [3.63, 3.8) is 0 Å². The summed E-state index contributed by atoms with van der Waals surface area (Å²) in [6.07, 6.45) is 2.35. The van der Waals surface area contributed by atoms with Gasteiger partial charge in [0.15, 0.2) is 0 Å². The van der Waals surface area contributed by atoms with Crippen molar-refractivity contribution < 1.29 is 4.79 Å². The second-order valence-electron chi connectivity index (χ2n) is 3.86. The summed E-state index contributed by atoms with van der Waals surface area (Å²) in [4.78, 5) is 11.2. The van der Waals surface area contributed by atoms with E-state index >= 15 is 0 Å². The lowest BCUT2D eigenvalue weighted by Gasteiger charge is -2.12. The number of carbonyl (C=O) groups excluding carboxylic acids is 1. The Morgan fingerprint density at radius 2 is 2.19 bits per heavy atom. The minimum Gasteiger partial charge on any atom is -0.381 e. The largest absolute Gasteiger partial charge is 0.381 e. The molecule has 1 aliphatic rings. The van der Waals surface area contributed by atoms with E-state index in [4.69, 9.17) is 17.3 Å². The molecule has 0 radical (unpaired) electrons. The van der Waals surface area contributed by atoms with Gasteiger partial charge in [-0.15, -0.1) is 0 Å². The maximum atomic E-state index is 11.2. The molecule has 1 amide bonds. The number of rotatable bonds is 4. The SMILES string of the molecule is NCC(=O)Nc1cc(Cl)ccc1NC1CC1. The van der Waals surface area contributed by atoms with Gasteiger partial charge in [0.25, 0.3) is 0 Å². The average molecular weight is 240 g/mol. The first kappa shape index (κ1) is 11.2. The van der Waals surface area contributed by atoms with E-state index in [-0.39, 0.29) is 12.5 Å². The molecule has 0 heterocycles.